The van der Waals surface area contributed by atoms with Crippen molar-refractivity contribution in [3.05, 3.63) is 235 Å². The monoisotopic (exact) mass is 717 g/mol. The molecule has 0 spiro atoms. The van der Waals surface area contributed by atoms with Gasteiger partial charge in [-0.3, -0.25) is 0 Å². The normalized spacial score (nSPS) is 12.6. The highest BCUT2D eigenvalue weighted by Crippen LogP contribution is 2.55. The van der Waals surface area contributed by atoms with Gasteiger partial charge in [-0.05, 0) is 51.6 Å². The molecule has 0 saturated carbocycles. The van der Waals surface area contributed by atoms with Crippen LogP contribution in [0, 0.1) is 0 Å². The fourth-order valence-corrected chi connectivity index (χ4v) is 8.11. The topological polar surface area (TPSA) is 47.9 Å². The molecule has 1 aliphatic rings. The number of hydrogen-bond acceptors (Lipinski definition) is 4. The SMILES string of the molecule is c1ccc(-c2ccc(-c3nc(-c4ccccc4)nc(-c4ccccc4-c4cccc(C5(c6ccccc6)c6ccccc6Oc6ccccc65)c4)n3)cc2)cc1. The van der Waals surface area contributed by atoms with Gasteiger partial charge >= 0.3 is 0 Å². The zero-order valence-corrected chi connectivity index (χ0v) is 30.5. The second-order valence-corrected chi connectivity index (χ2v) is 14.0. The van der Waals surface area contributed by atoms with Gasteiger partial charge in [0.25, 0.3) is 0 Å². The van der Waals surface area contributed by atoms with E-state index in [1.807, 2.05) is 48.5 Å². The molecule has 0 amide bonds. The van der Waals surface area contributed by atoms with Crippen LogP contribution in [0.2, 0.25) is 0 Å². The molecule has 4 nitrogen and oxygen atoms in total. The Morgan fingerprint density at radius 3 is 1.38 bits per heavy atom. The van der Waals surface area contributed by atoms with E-state index in [4.69, 9.17) is 19.7 Å². The number of aromatic nitrogens is 3. The number of ether oxygens (including phenoxy) is 1. The van der Waals surface area contributed by atoms with Crippen LogP contribution in [-0.4, -0.2) is 15.0 Å². The van der Waals surface area contributed by atoms with Crippen molar-refractivity contribution in [1.82, 2.24) is 15.0 Å². The minimum Gasteiger partial charge on any atom is -0.457 e. The number of nitrogens with zero attached hydrogens (tertiary/aromatic N) is 3. The zero-order valence-electron chi connectivity index (χ0n) is 30.5. The van der Waals surface area contributed by atoms with E-state index in [1.54, 1.807) is 0 Å². The molecule has 0 unspecified atom stereocenters. The van der Waals surface area contributed by atoms with Crippen LogP contribution in [0.3, 0.4) is 0 Å². The molecule has 0 N–H and O–H groups in total. The maximum Gasteiger partial charge on any atom is 0.164 e. The number of fused-ring (bicyclic) bond motifs is 2. The minimum absolute atomic E-state index is 0.613. The van der Waals surface area contributed by atoms with Crippen molar-refractivity contribution < 1.29 is 4.74 Å². The predicted molar refractivity (Wildman–Crippen MR) is 225 cm³/mol. The van der Waals surface area contributed by atoms with Crippen molar-refractivity contribution >= 4 is 0 Å². The highest BCUT2D eigenvalue weighted by Gasteiger charge is 2.45. The number of benzene rings is 8. The Hall–Kier alpha value is -7.43. The molecule has 264 valence electrons. The summed E-state index contributed by atoms with van der Waals surface area (Å²) in [5, 5.41) is 0. The molecule has 9 aromatic rings. The van der Waals surface area contributed by atoms with Crippen molar-refractivity contribution in [3.8, 4) is 67.9 Å². The summed E-state index contributed by atoms with van der Waals surface area (Å²) in [6.07, 6.45) is 0. The summed E-state index contributed by atoms with van der Waals surface area (Å²) >= 11 is 0. The van der Waals surface area contributed by atoms with E-state index >= 15 is 0 Å². The van der Waals surface area contributed by atoms with Gasteiger partial charge < -0.3 is 4.74 Å². The van der Waals surface area contributed by atoms with E-state index in [-0.39, 0.29) is 0 Å². The van der Waals surface area contributed by atoms with Gasteiger partial charge in [-0.15, -0.1) is 0 Å². The molecule has 1 aliphatic heterocycles. The second kappa shape index (κ2) is 14.1. The second-order valence-electron chi connectivity index (χ2n) is 14.0. The smallest absolute Gasteiger partial charge is 0.164 e. The first-order valence-corrected chi connectivity index (χ1v) is 18.9. The van der Waals surface area contributed by atoms with Gasteiger partial charge in [0.05, 0.1) is 5.41 Å². The molecule has 0 atom stereocenters. The van der Waals surface area contributed by atoms with Crippen LogP contribution in [0.1, 0.15) is 22.3 Å². The Kier molecular flexibility index (Phi) is 8.34. The number of para-hydroxylation sites is 2. The molecule has 4 heteroatoms. The van der Waals surface area contributed by atoms with Gasteiger partial charge in [-0.25, -0.2) is 15.0 Å². The van der Waals surface area contributed by atoms with Gasteiger partial charge in [-0.1, -0.05) is 194 Å². The first-order chi connectivity index (χ1) is 27.8. The fraction of sp³-hybridized carbons (Fsp3) is 0.0192. The summed E-state index contributed by atoms with van der Waals surface area (Å²) in [6.45, 7) is 0. The highest BCUT2D eigenvalue weighted by atomic mass is 16.5. The van der Waals surface area contributed by atoms with Crippen molar-refractivity contribution in [2.45, 2.75) is 5.41 Å². The Labute approximate surface area is 326 Å². The van der Waals surface area contributed by atoms with Crippen molar-refractivity contribution in [1.29, 1.82) is 0 Å². The lowest BCUT2D eigenvalue weighted by Crippen LogP contribution is -2.34. The van der Waals surface area contributed by atoms with E-state index in [0.717, 1.165) is 61.6 Å². The van der Waals surface area contributed by atoms with Crippen LogP contribution < -0.4 is 4.74 Å². The molecule has 8 aromatic carbocycles. The lowest BCUT2D eigenvalue weighted by Gasteiger charge is -2.41. The van der Waals surface area contributed by atoms with Crippen LogP contribution in [0.4, 0.5) is 0 Å². The molecular weight excluding hydrogens is 683 g/mol. The summed E-state index contributed by atoms with van der Waals surface area (Å²) in [5.74, 6) is 3.56. The molecule has 0 fully saturated rings. The Morgan fingerprint density at radius 1 is 0.304 bits per heavy atom. The first-order valence-electron chi connectivity index (χ1n) is 18.9. The van der Waals surface area contributed by atoms with Crippen LogP contribution in [-0.2, 0) is 5.41 Å². The molecule has 0 saturated heterocycles. The third kappa shape index (κ3) is 5.76. The Bertz CT molecular complexity index is 2770. The maximum absolute atomic E-state index is 6.57. The minimum atomic E-state index is -0.635. The van der Waals surface area contributed by atoms with Crippen molar-refractivity contribution in [3.63, 3.8) is 0 Å². The zero-order chi connectivity index (χ0) is 37.3. The third-order valence-electron chi connectivity index (χ3n) is 10.7. The quantitative estimate of drug-likeness (QED) is 0.165. The van der Waals surface area contributed by atoms with E-state index in [0.29, 0.717) is 17.5 Å². The number of hydrogen-bond donors (Lipinski definition) is 0. The van der Waals surface area contributed by atoms with E-state index in [1.165, 1.54) is 11.1 Å². The number of rotatable bonds is 7. The molecule has 1 aromatic heterocycles. The molecule has 2 heterocycles. The average Bonchev–Trinajstić information content (AvgIpc) is 3.29. The average molecular weight is 718 g/mol. The maximum atomic E-state index is 6.57. The van der Waals surface area contributed by atoms with Gasteiger partial charge in [0.15, 0.2) is 17.5 Å². The van der Waals surface area contributed by atoms with Crippen molar-refractivity contribution in [2.24, 2.45) is 0 Å². The lowest BCUT2D eigenvalue weighted by atomic mass is 9.63. The van der Waals surface area contributed by atoms with Crippen LogP contribution in [0.5, 0.6) is 11.5 Å². The predicted octanol–water partition coefficient (Wildman–Crippen LogP) is 12.7. The standard InChI is InChI=1S/C52H35N3O/c1-4-17-36(18-5-1)37-31-33-39(34-32-37)50-53-49(38-19-6-2-7-20-38)54-51(55-50)44-26-11-10-25-43(44)40-21-16-24-42(35-40)52(41-22-8-3-9-23-41)45-27-12-14-29-47(45)56-48-30-15-13-28-46(48)52/h1-35H. The Morgan fingerprint density at radius 2 is 0.732 bits per heavy atom. The molecule has 0 aliphatic carbocycles. The fourth-order valence-electron chi connectivity index (χ4n) is 8.11. The first kappa shape index (κ1) is 33.2. The summed E-state index contributed by atoms with van der Waals surface area (Å²) in [4.78, 5) is 15.4. The van der Waals surface area contributed by atoms with Gasteiger partial charge in [-0.2, -0.15) is 0 Å². The van der Waals surface area contributed by atoms with E-state index in [2.05, 4.69) is 164 Å². The summed E-state index contributed by atoms with van der Waals surface area (Å²) in [6, 6.07) is 73.9. The molecule has 0 radical (unpaired) electrons. The summed E-state index contributed by atoms with van der Waals surface area (Å²) in [7, 11) is 0. The molecule has 10 rings (SSSR count). The van der Waals surface area contributed by atoms with Crippen LogP contribution >= 0.6 is 0 Å². The van der Waals surface area contributed by atoms with Crippen LogP contribution in [0.15, 0.2) is 212 Å². The third-order valence-corrected chi connectivity index (χ3v) is 10.7. The molecule has 56 heavy (non-hydrogen) atoms. The lowest BCUT2D eigenvalue weighted by molar-refractivity contribution is 0.434. The van der Waals surface area contributed by atoms with E-state index < -0.39 is 5.41 Å². The molecular formula is C52H35N3O. The summed E-state index contributed by atoms with van der Waals surface area (Å²) < 4.78 is 6.57. The van der Waals surface area contributed by atoms with Gasteiger partial charge in [0.2, 0.25) is 0 Å². The van der Waals surface area contributed by atoms with Crippen molar-refractivity contribution in [2.75, 3.05) is 0 Å². The highest BCUT2D eigenvalue weighted by molar-refractivity contribution is 5.83. The Balaban J connectivity index is 1.15. The molecule has 0 bridgehead atoms. The van der Waals surface area contributed by atoms with Crippen LogP contribution in [0.25, 0.3) is 56.4 Å². The van der Waals surface area contributed by atoms with E-state index in [9.17, 15) is 0 Å². The van der Waals surface area contributed by atoms with Gasteiger partial charge in [0, 0.05) is 27.8 Å². The van der Waals surface area contributed by atoms with Gasteiger partial charge in [0.1, 0.15) is 11.5 Å². The summed E-state index contributed by atoms with van der Waals surface area (Å²) in [5.41, 5.74) is 11.0. The largest absolute Gasteiger partial charge is 0.457 e.